The molecule has 0 heterocycles. The summed E-state index contributed by atoms with van der Waals surface area (Å²) in [4.78, 5) is 0.246. The first kappa shape index (κ1) is 17.1. The smallest absolute Gasteiger partial charge is 0.244 e. The van der Waals surface area contributed by atoms with Crippen molar-refractivity contribution < 1.29 is 13.2 Å². The molecule has 0 aliphatic heterocycles. The molecule has 19 heavy (non-hydrogen) atoms. The fourth-order valence-corrected chi connectivity index (χ4v) is 4.55. The lowest BCUT2D eigenvalue weighted by molar-refractivity contribution is 0.149. The van der Waals surface area contributed by atoms with Crippen molar-refractivity contribution in [3.8, 4) is 0 Å². The fraction of sp³-hybridized carbons (Fsp3) is 0.500. The average Bonchev–Trinajstić information content (AvgIpc) is 2.32. The van der Waals surface area contributed by atoms with E-state index < -0.39 is 10.0 Å². The van der Waals surface area contributed by atoms with Crippen LogP contribution >= 0.6 is 31.9 Å². The molecule has 0 amide bonds. The molecule has 0 N–H and O–H groups in total. The first-order valence-electron chi connectivity index (χ1n) is 5.64. The number of nitrogens with zero attached hydrogens (tertiary/aromatic N) is 1. The van der Waals surface area contributed by atoms with Gasteiger partial charge in [-0.2, -0.15) is 4.31 Å². The Bertz CT molecular complexity index is 560. The zero-order chi connectivity index (χ0) is 14.8. The summed E-state index contributed by atoms with van der Waals surface area (Å²) in [6.07, 6.45) is 0. The first-order chi connectivity index (χ1) is 8.71. The third-order valence-corrected chi connectivity index (χ3v) is 6.68. The van der Waals surface area contributed by atoms with E-state index in [1.165, 1.54) is 4.31 Å². The normalized spacial score (nSPS) is 13.8. The number of sulfonamides is 1. The quantitative estimate of drug-likeness (QED) is 0.743. The molecule has 0 spiro atoms. The molecular formula is C12H17Br2NO3S. The molecule has 4 nitrogen and oxygen atoms in total. The van der Waals surface area contributed by atoms with E-state index in [1.807, 2.05) is 6.92 Å². The number of hydrogen-bond acceptors (Lipinski definition) is 3. The summed E-state index contributed by atoms with van der Waals surface area (Å²) >= 11 is 6.68. The maximum atomic E-state index is 12.6. The second-order valence-electron chi connectivity index (χ2n) is 4.36. The second kappa shape index (κ2) is 6.67. The topological polar surface area (TPSA) is 46.6 Å². The molecule has 0 aliphatic rings. The molecule has 0 radical (unpaired) electrons. The Hall–Kier alpha value is 0.0500. The molecule has 0 bridgehead atoms. The zero-order valence-corrected chi connectivity index (χ0v) is 15.3. The van der Waals surface area contributed by atoms with Crippen molar-refractivity contribution in [2.45, 2.75) is 24.8 Å². The van der Waals surface area contributed by atoms with E-state index in [0.29, 0.717) is 11.1 Å². The lowest BCUT2D eigenvalue weighted by atomic mass is 10.2. The molecule has 0 aliphatic carbocycles. The van der Waals surface area contributed by atoms with Crippen LogP contribution in [-0.4, -0.2) is 39.5 Å². The molecule has 1 unspecified atom stereocenters. The van der Waals surface area contributed by atoms with Gasteiger partial charge in [-0.15, -0.1) is 0 Å². The first-order valence-corrected chi connectivity index (χ1v) is 8.67. The van der Waals surface area contributed by atoms with Gasteiger partial charge in [0.15, 0.2) is 0 Å². The number of methoxy groups -OCH3 is 1. The van der Waals surface area contributed by atoms with E-state index in [0.717, 1.165) is 10.0 Å². The van der Waals surface area contributed by atoms with E-state index in [-0.39, 0.29) is 10.9 Å². The van der Waals surface area contributed by atoms with Gasteiger partial charge in [-0.25, -0.2) is 8.42 Å². The second-order valence-corrected chi connectivity index (χ2v) is 8.03. The predicted octanol–water partition coefficient (Wildman–Crippen LogP) is 3.18. The Kier molecular flexibility index (Phi) is 6.00. The van der Waals surface area contributed by atoms with Gasteiger partial charge in [-0.3, -0.25) is 0 Å². The monoisotopic (exact) mass is 413 g/mol. The molecule has 0 saturated heterocycles. The molecule has 0 saturated carbocycles. The number of halogens is 2. The molecule has 1 atom stereocenters. The van der Waals surface area contributed by atoms with Gasteiger partial charge >= 0.3 is 0 Å². The van der Waals surface area contributed by atoms with E-state index in [9.17, 15) is 8.42 Å². The molecular weight excluding hydrogens is 398 g/mol. The van der Waals surface area contributed by atoms with Crippen molar-refractivity contribution >= 4 is 41.9 Å². The van der Waals surface area contributed by atoms with Crippen molar-refractivity contribution in [2.75, 3.05) is 20.8 Å². The van der Waals surface area contributed by atoms with Crippen LogP contribution in [0.3, 0.4) is 0 Å². The number of aryl methyl sites for hydroxylation is 1. The van der Waals surface area contributed by atoms with Gasteiger partial charge in [0.25, 0.3) is 0 Å². The Morgan fingerprint density at radius 1 is 1.32 bits per heavy atom. The van der Waals surface area contributed by atoms with Gasteiger partial charge in [0.05, 0.1) is 11.5 Å². The summed E-state index contributed by atoms with van der Waals surface area (Å²) in [5, 5.41) is 0. The molecule has 7 heteroatoms. The van der Waals surface area contributed by atoms with Gasteiger partial charge in [0, 0.05) is 29.1 Å². The highest BCUT2D eigenvalue weighted by molar-refractivity contribution is 9.11. The lowest BCUT2D eigenvalue weighted by Crippen LogP contribution is -2.37. The number of benzene rings is 1. The summed E-state index contributed by atoms with van der Waals surface area (Å²) in [7, 11) is -0.448. The standard InChI is InChI=1S/C12H17Br2NO3S/c1-8-5-11(14)12(6-10(8)13)19(16,17)15(3)9(2)7-18-4/h5-6,9H,7H2,1-4H3. The van der Waals surface area contributed by atoms with Crippen LogP contribution in [0.1, 0.15) is 12.5 Å². The predicted molar refractivity (Wildman–Crippen MR) is 82.9 cm³/mol. The summed E-state index contributed by atoms with van der Waals surface area (Å²) in [6.45, 7) is 4.06. The largest absolute Gasteiger partial charge is 0.383 e. The van der Waals surface area contributed by atoms with Crippen LogP contribution in [0.2, 0.25) is 0 Å². The third kappa shape index (κ3) is 3.78. The van der Waals surface area contributed by atoms with E-state index in [1.54, 1.807) is 33.2 Å². The molecule has 1 aromatic carbocycles. The SMILES string of the molecule is COCC(C)N(C)S(=O)(=O)c1cc(Br)c(C)cc1Br. The van der Waals surface area contributed by atoms with Crippen molar-refractivity contribution in [3.63, 3.8) is 0 Å². The summed E-state index contributed by atoms with van der Waals surface area (Å²) in [6, 6.07) is 3.17. The number of ether oxygens (including phenoxy) is 1. The Balaban J connectivity index is 3.24. The van der Waals surface area contributed by atoms with E-state index in [2.05, 4.69) is 31.9 Å². The fourth-order valence-electron chi connectivity index (χ4n) is 1.56. The van der Waals surface area contributed by atoms with Crippen LogP contribution in [0.15, 0.2) is 26.0 Å². The van der Waals surface area contributed by atoms with E-state index >= 15 is 0 Å². The van der Waals surface area contributed by atoms with Gasteiger partial charge in [-0.1, -0.05) is 15.9 Å². The van der Waals surface area contributed by atoms with Crippen LogP contribution in [-0.2, 0) is 14.8 Å². The molecule has 1 aromatic rings. The summed E-state index contributed by atoms with van der Waals surface area (Å²) in [5.74, 6) is 0. The minimum atomic E-state index is -3.55. The Labute approximate surface area is 131 Å². The summed E-state index contributed by atoms with van der Waals surface area (Å²) < 4.78 is 32.7. The van der Waals surface area contributed by atoms with Crippen LogP contribution in [0.25, 0.3) is 0 Å². The van der Waals surface area contributed by atoms with Gasteiger partial charge in [-0.05, 0) is 47.5 Å². The van der Waals surface area contributed by atoms with Crippen LogP contribution < -0.4 is 0 Å². The minimum Gasteiger partial charge on any atom is -0.383 e. The van der Waals surface area contributed by atoms with Gasteiger partial charge in [0.2, 0.25) is 10.0 Å². The van der Waals surface area contributed by atoms with Crippen molar-refractivity contribution in [3.05, 3.63) is 26.6 Å². The van der Waals surface area contributed by atoms with Crippen LogP contribution in [0.4, 0.5) is 0 Å². The third-order valence-electron chi connectivity index (χ3n) is 2.90. The highest BCUT2D eigenvalue weighted by atomic mass is 79.9. The number of hydrogen-bond donors (Lipinski definition) is 0. The molecule has 0 aromatic heterocycles. The number of rotatable bonds is 5. The maximum absolute atomic E-state index is 12.6. The Morgan fingerprint density at radius 2 is 1.89 bits per heavy atom. The Morgan fingerprint density at radius 3 is 2.42 bits per heavy atom. The lowest BCUT2D eigenvalue weighted by Gasteiger charge is -2.24. The minimum absolute atomic E-state index is 0.234. The van der Waals surface area contributed by atoms with Gasteiger partial charge in [0.1, 0.15) is 0 Å². The van der Waals surface area contributed by atoms with Crippen molar-refractivity contribution in [1.82, 2.24) is 4.31 Å². The van der Waals surface area contributed by atoms with Crippen molar-refractivity contribution in [1.29, 1.82) is 0 Å². The zero-order valence-electron chi connectivity index (χ0n) is 11.3. The number of likely N-dealkylation sites (N-methyl/N-ethyl adjacent to an activating group) is 1. The average molecular weight is 415 g/mol. The summed E-state index contributed by atoms with van der Waals surface area (Å²) in [5.41, 5.74) is 0.971. The van der Waals surface area contributed by atoms with Gasteiger partial charge < -0.3 is 4.74 Å². The molecule has 108 valence electrons. The van der Waals surface area contributed by atoms with E-state index in [4.69, 9.17) is 4.74 Å². The maximum Gasteiger partial charge on any atom is 0.244 e. The van der Waals surface area contributed by atoms with Crippen LogP contribution in [0.5, 0.6) is 0 Å². The highest BCUT2D eigenvalue weighted by Gasteiger charge is 2.27. The highest BCUT2D eigenvalue weighted by Crippen LogP contribution is 2.30. The molecule has 0 fully saturated rings. The molecule has 1 rings (SSSR count). The van der Waals surface area contributed by atoms with Crippen molar-refractivity contribution in [2.24, 2.45) is 0 Å². The van der Waals surface area contributed by atoms with Crippen LogP contribution in [0, 0.1) is 6.92 Å².